The molecule has 1 aliphatic rings. The van der Waals surface area contributed by atoms with E-state index in [0.717, 1.165) is 36.5 Å². The molecule has 0 N–H and O–H groups in total. The summed E-state index contributed by atoms with van der Waals surface area (Å²) in [5.41, 5.74) is 6.13. The molecular weight excluding hydrogens is 322 g/mol. The van der Waals surface area contributed by atoms with Gasteiger partial charge in [0.05, 0.1) is 7.11 Å². The van der Waals surface area contributed by atoms with Gasteiger partial charge in [0.25, 0.3) is 0 Å². The number of methoxy groups -OCH3 is 1. The quantitative estimate of drug-likeness (QED) is 0.715. The summed E-state index contributed by atoms with van der Waals surface area (Å²) in [4.78, 5) is 6.60. The number of ether oxygens (including phenoxy) is 1. The summed E-state index contributed by atoms with van der Waals surface area (Å²) in [7, 11) is 1.65. The molecule has 1 aromatic heterocycles. The molecule has 0 aliphatic carbocycles. The number of fused-ring (bicyclic) bond motifs is 1. The van der Waals surface area contributed by atoms with Crippen LogP contribution in [0.5, 0.6) is 5.75 Å². The number of hydrogen-bond donors (Lipinski definition) is 0. The second kappa shape index (κ2) is 6.99. The third-order valence-corrected chi connectivity index (χ3v) is 4.78. The zero-order valence-electron chi connectivity index (χ0n) is 14.6. The van der Waals surface area contributed by atoms with E-state index in [-0.39, 0.29) is 0 Å². The van der Waals surface area contributed by atoms with Crippen LogP contribution in [-0.2, 0) is 19.6 Å². The molecule has 0 fully saturated rings. The van der Waals surface area contributed by atoms with Gasteiger partial charge in [-0.15, -0.1) is 0 Å². The molecule has 0 bridgehead atoms. The molecule has 0 amide bonds. The van der Waals surface area contributed by atoms with E-state index in [2.05, 4.69) is 52.4 Å². The summed E-state index contributed by atoms with van der Waals surface area (Å²) in [6.07, 6.45) is 1.64. The molecule has 4 heteroatoms. The Labute approximate surface area is 153 Å². The molecule has 0 saturated heterocycles. The van der Waals surface area contributed by atoms with Crippen molar-refractivity contribution in [2.24, 2.45) is 0 Å². The van der Waals surface area contributed by atoms with Crippen LogP contribution in [0.1, 0.15) is 22.4 Å². The Kier molecular flexibility index (Phi) is 4.39. The number of nitrogens with zero attached hydrogens (tertiary/aromatic N) is 3. The summed E-state index contributed by atoms with van der Waals surface area (Å²) >= 11 is 0. The van der Waals surface area contributed by atoms with Crippen LogP contribution in [-0.4, -0.2) is 17.0 Å². The number of benzene rings is 2. The summed E-state index contributed by atoms with van der Waals surface area (Å²) in [5, 5.41) is 9.38. The Hall–Kier alpha value is -3.16. The Bertz CT molecular complexity index is 966. The van der Waals surface area contributed by atoms with Gasteiger partial charge in [-0.2, -0.15) is 5.26 Å². The Morgan fingerprint density at radius 3 is 2.50 bits per heavy atom. The highest BCUT2D eigenvalue weighted by Gasteiger charge is 2.19. The van der Waals surface area contributed by atoms with E-state index in [1.807, 2.05) is 18.2 Å². The molecule has 2 aromatic carbocycles. The molecule has 0 atom stereocenters. The summed E-state index contributed by atoms with van der Waals surface area (Å²) in [5.74, 6) is 0.753. The van der Waals surface area contributed by atoms with Crippen molar-refractivity contribution in [1.82, 2.24) is 9.88 Å². The van der Waals surface area contributed by atoms with Gasteiger partial charge in [0.2, 0.25) is 0 Å². The first-order chi connectivity index (χ1) is 12.8. The summed E-state index contributed by atoms with van der Waals surface area (Å²) in [6.45, 7) is 2.79. The predicted octanol–water partition coefficient (Wildman–Crippen LogP) is 4.14. The fourth-order valence-corrected chi connectivity index (χ4v) is 3.55. The second-order valence-corrected chi connectivity index (χ2v) is 6.46. The van der Waals surface area contributed by atoms with Crippen molar-refractivity contribution in [2.45, 2.75) is 19.6 Å². The fourth-order valence-electron chi connectivity index (χ4n) is 3.55. The van der Waals surface area contributed by atoms with E-state index in [9.17, 15) is 5.26 Å². The third kappa shape index (κ3) is 3.05. The topological polar surface area (TPSA) is 49.1 Å². The molecule has 128 valence electrons. The van der Waals surface area contributed by atoms with E-state index in [1.165, 1.54) is 16.7 Å². The number of pyridine rings is 1. The van der Waals surface area contributed by atoms with Gasteiger partial charge in [0, 0.05) is 37.0 Å². The van der Waals surface area contributed by atoms with E-state index in [4.69, 9.17) is 4.74 Å². The first-order valence-corrected chi connectivity index (χ1v) is 8.60. The van der Waals surface area contributed by atoms with Gasteiger partial charge in [-0.25, -0.2) is 4.98 Å². The lowest BCUT2D eigenvalue weighted by Gasteiger charge is -2.17. The van der Waals surface area contributed by atoms with Crippen molar-refractivity contribution in [3.05, 3.63) is 83.2 Å². The van der Waals surface area contributed by atoms with Gasteiger partial charge in [0.1, 0.15) is 17.5 Å². The van der Waals surface area contributed by atoms with Crippen molar-refractivity contribution in [2.75, 3.05) is 7.11 Å². The Morgan fingerprint density at radius 1 is 1.04 bits per heavy atom. The van der Waals surface area contributed by atoms with E-state index < -0.39 is 0 Å². The molecule has 1 aliphatic heterocycles. The first-order valence-electron chi connectivity index (χ1n) is 8.60. The van der Waals surface area contributed by atoms with Crippen molar-refractivity contribution in [1.29, 1.82) is 5.26 Å². The number of rotatable bonds is 4. The number of nitriles is 1. The monoisotopic (exact) mass is 341 g/mol. The van der Waals surface area contributed by atoms with Crippen LogP contribution < -0.4 is 4.74 Å². The molecule has 4 nitrogen and oxygen atoms in total. The minimum Gasteiger partial charge on any atom is -0.496 e. The van der Waals surface area contributed by atoms with Gasteiger partial charge >= 0.3 is 0 Å². The molecule has 3 aromatic rings. The maximum atomic E-state index is 9.38. The molecule has 0 unspecified atom stereocenters. The standard InChI is InChI=1S/C22H19N3O/c1-26-22-9-8-16(11-20(22)19-7-4-10-24-21(19)12-23)13-25-14-17-5-2-3-6-18(17)15-25/h2-11H,13-15H2,1H3. The lowest BCUT2D eigenvalue weighted by molar-refractivity contribution is 0.275. The Morgan fingerprint density at radius 2 is 1.81 bits per heavy atom. The average molecular weight is 341 g/mol. The zero-order valence-corrected chi connectivity index (χ0v) is 14.6. The first kappa shape index (κ1) is 16.3. The van der Waals surface area contributed by atoms with Crippen molar-refractivity contribution < 1.29 is 4.74 Å². The van der Waals surface area contributed by atoms with Crippen LogP contribution in [0.2, 0.25) is 0 Å². The SMILES string of the molecule is COc1ccc(CN2Cc3ccccc3C2)cc1-c1cccnc1C#N. The Balaban J connectivity index is 1.64. The zero-order chi connectivity index (χ0) is 17.9. The molecular formula is C22H19N3O. The van der Waals surface area contributed by atoms with Gasteiger partial charge in [-0.3, -0.25) is 4.90 Å². The summed E-state index contributed by atoms with van der Waals surface area (Å²) < 4.78 is 5.52. The van der Waals surface area contributed by atoms with Crippen molar-refractivity contribution in [3.63, 3.8) is 0 Å². The van der Waals surface area contributed by atoms with E-state index in [0.29, 0.717) is 5.69 Å². The molecule has 0 spiro atoms. The van der Waals surface area contributed by atoms with Crippen LogP contribution in [0.25, 0.3) is 11.1 Å². The minimum absolute atomic E-state index is 0.413. The third-order valence-electron chi connectivity index (χ3n) is 4.78. The fraction of sp³-hybridized carbons (Fsp3) is 0.182. The maximum absolute atomic E-state index is 9.38. The van der Waals surface area contributed by atoms with E-state index >= 15 is 0 Å². The van der Waals surface area contributed by atoms with Crippen molar-refractivity contribution >= 4 is 0 Å². The van der Waals surface area contributed by atoms with Gasteiger partial charge in [0.15, 0.2) is 0 Å². The number of aromatic nitrogens is 1. The van der Waals surface area contributed by atoms with Crippen LogP contribution >= 0.6 is 0 Å². The van der Waals surface area contributed by atoms with Crippen LogP contribution in [0.3, 0.4) is 0 Å². The predicted molar refractivity (Wildman–Crippen MR) is 100 cm³/mol. The lowest BCUT2D eigenvalue weighted by Crippen LogP contribution is -2.15. The number of hydrogen-bond acceptors (Lipinski definition) is 4. The molecule has 0 radical (unpaired) electrons. The van der Waals surface area contributed by atoms with Gasteiger partial charge in [-0.05, 0) is 41.0 Å². The van der Waals surface area contributed by atoms with E-state index in [1.54, 1.807) is 13.3 Å². The minimum atomic E-state index is 0.413. The van der Waals surface area contributed by atoms with Crippen LogP contribution in [0.15, 0.2) is 60.8 Å². The van der Waals surface area contributed by atoms with Crippen LogP contribution in [0.4, 0.5) is 0 Å². The molecule has 26 heavy (non-hydrogen) atoms. The van der Waals surface area contributed by atoms with Gasteiger partial charge in [-0.1, -0.05) is 30.3 Å². The smallest absolute Gasteiger partial charge is 0.148 e. The van der Waals surface area contributed by atoms with Crippen molar-refractivity contribution in [3.8, 4) is 22.9 Å². The highest BCUT2D eigenvalue weighted by molar-refractivity contribution is 5.74. The average Bonchev–Trinajstić information content (AvgIpc) is 3.10. The molecule has 2 heterocycles. The molecule has 0 saturated carbocycles. The highest BCUT2D eigenvalue weighted by Crippen LogP contribution is 2.33. The van der Waals surface area contributed by atoms with Gasteiger partial charge < -0.3 is 4.74 Å². The molecule has 4 rings (SSSR count). The largest absolute Gasteiger partial charge is 0.496 e. The second-order valence-electron chi connectivity index (χ2n) is 6.46. The lowest BCUT2D eigenvalue weighted by atomic mass is 10.0. The summed E-state index contributed by atoms with van der Waals surface area (Å²) in [6, 6.07) is 20.7. The normalized spacial score (nSPS) is 13.2. The highest BCUT2D eigenvalue weighted by atomic mass is 16.5. The maximum Gasteiger partial charge on any atom is 0.148 e. The van der Waals surface area contributed by atoms with Crippen LogP contribution in [0, 0.1) is 11.3 Å².